The second-order valence-electron chi connectivity index (χ2n) is 3.46. The largest absolute Gasteiger partial charge is 0.481 e. The molecule has 3 nitrogen and oxygen atoms in total. The molecule has 4 heteroatoms. The van der Waals surface area contributed by atoms with Crippen molar-refractivity contribution in [2.24, 2.45) is 5.41 Å². The summed E-state index contributed by atoms with van der Waals surface area (Å²) in [5.74, 6) is 1.40. The number of carbonyl (C=O) groups is 1. The number of carboxylic acids is 1. The molecule has 1 aliphatic rings. The van der Waals surface area contributed by atoms with Gasteiger partial charge in [-0.25, -0.2) is 0 Å². The fourth-order valence-electron chi connectivity index (χ4n) is 1.66. The third kappa shape index (κ3) is 2.61. The number of hydrogen-bond donors (Lipinski definition) is 2. The maximum absolute atomic E-state index is 11.1. The molecule has 0 bridgehead atoms. The Bertz CT molecular complexity index is 178. The van der Waals surface area contributed by atoms with E-state index in [4.69, 9.17) is 5.11 Å². The zero-order chi connectivity index (χ0) is 9.73. The molecule has 0 saturated carbocycles. The number of hydrogen-bond acceptors (Lipinski definition) is 3. The van der Waals surface area contributed by atoms with Crippen LogP contribution in [0.1, 0.15) is 19.8 Å². The predicted octanol–water partition coefficient (Wildman–Crippen LogP) is 1.19. The van der Waals surface area contributed by atoms with Crippen LogP contribution in [-0.4, -0.2) is 35.7 Å². The van der Waals surface area contributed by atoms with Gasteiger partial charge in [0.1, 0.15) is 0 Å². The molecular formula is C9H17NO2S. The van der Waals surface area contributed by atoms with Crippen molar-refractivity contribution in [2.45, 2.75) is 19.8 Å². The van der Waals surface area contributed by atoms with Gasteiger partial charge in [0.2, 0.25) is 0 Å². The van der Waals surface area contributed by atoms with E-state index < -0.39 is 11.4 Å². The molecule has 2 N–H and O–H groups in total. The molecule has 1 fully saturated rings. The van der Waals surface area contributed by atoms with Crippen LogP contribution in [0.15, 0.2) is 0 Å². The maximum Gasteiger partial charge on any atom is 0.311 e. The molecule has 0 aromatic rings. The van der Waals surface area contributed by atoms with Gasteiger partial charge in [-0.3, -0.25) is 4.79 Å². The molecule has 0 radical (unpaired) electrons. The van der Waals surface area contributed by atoms with Crippen LogP contribution in [0.2, 0.25) is 0 Å². The number of aliphatic carboxylic acids is 1. The lowest BCUT2D eigenvalue weighted by Gasteiger charge is -2.22. The van der Waals surface area contributed by atoms with Gasteiger partial charge in [0.25, 0.3) is 0 Å². The molecule has 0 aromatic carbocycles. The standard InChI is InChI=1S/C9H17NO2S/c1-2-13-6-4-9(8(11)12)3-5-10-7-9/h10H,2-7H2,1H3,(H,11,12). The first kappa shape index (κ1) is 10.9. The zero-order valence-electron chi connectivity index (χ0n) is 8.01. The van der Waals surface area contributed by atoms with Crippen molar-refractivity contribution in [2.75, 3.05) is 24.6 Å². The molecule has 1 heterocycles. The highest BCUT2D eigenvalue weighted by atomic mass is 32.2. The number of thioether (sulfide) groups is 1. The molecule has 1 unspecified atom stereocenters. The number of rotatable bonds is 5. The minimum atomic E-state index is -0.630. The summed E-state index contributed by atoms with van der Waals surface area (Å²) < 4.78 is 0. The Morgan fingerprint density at radius 3 is 2.92 bits per heavy atom. The topological polar surface area (TPSA) is 49.3 Å². The van der Waals surface area contributed by atoms with E-state index in [0.717, 1.165) is 30.9 Å². The average Bonchev–Trinajstić information content (AvgIpc) is 2.55. The highest BCUT2D eigenvalue weighted by molar-refractivity contribution is 7.99. The smallest absolute Gasteiger partial charge is 0.311 e. The van der Waals surface area contributed by atoms with E-state index in [-0.39, 0.29) is 0 Å². The monoisotopic (exact) mass is 203 g/mol. The third-order valence-corrected chi connectivity index (χ3v) is 3.53. The molecule has 1 aliphatic heterocycles. The number of nitrogens with one attached hydrogen (secondary N) is 1. The summed E-state index contributed by atoms with van der Waals surface area (Å²) in [6, 6.07) is 0. The molecule has 0 spiro atoms. The lowest BCUT2D eigenvalue weighted by molar-refractivity contribution is -0.147. The van der Waals surface area contributed by atoms with Gasteiger partial charge in [0.15, 0.2) is 0 Å². The molecule has 76 valence electrons. The van der Waals surface area contributed by atoms with Crippen molar-refractivity contribution in [3.05, 3.63) is 0 Å². The summed E-state index contributed by atoms with van der Waals surface area (Å²) in [5, 5.41) is 12.2. The fraction of sp³-hybridized carbons (Fsp3) is 0.889. The average molecular weight is 203 g/mol. The number of carboxylic acid groups (broad SMARTS) is 1. The van der Waals surface area contributed by atoms with Crippen LogP contribution < -0.4 is 5.32 Å². The minimum Gasteiger partial charge on any atom is -0.481 e. The van der Waals surface area contributed by atoms with E-state index in [1.54, 1.807) is 0 Å². The van der Waals surface area contributed by atoms with Crippen molar-refractivity contribution >= 4 is 17.7 Å². The van der Waals surface area contributed by atoms with Gasteiger partial charge in [-0.2, -0.15) is 11.8 Å². The Balaban J connectivity index is 2.43. The van der Waals surface area contributed by atoms with Crippen LogP contribution in [0.3, 0.4) is 0 Å². The zero-order valence-corrected chi connectivity index (χ0v) is 8.82. The van der Waals surface area contributed by atoms with E-state index in [0.29, 0.717) is 6.54 Å². The van der Waals surface area contributed by atoms with Gasteiger partial charge in [-0.05, 0) is 30.9 Å². The summed E-state index contributed by atoms with van der Waals surface area (Å²) in [5.41, 5.74) is -0.470. The van der Waals surface area contributed by atoms with Crippen LogP contribution in [0.25, 0.3) is 0 Å². The van der Waals surface area contributed by atoms with Crippen LogP contribution in [-0.2, 0) is 4.79 Å². The Hall–Kier alpha value is -0.220. The van der Waals surface area contributed by atoms with Gasteiger partial charge >= 0.3 is 5.97 Å². The maximum atomic E-state index is 11.1. The summed E-state index contributed by atoms with van der Waals surface area (Å²) in [7, 11) is 0. The summed E-state index contributed by atoms with van der Waals surface area (Å²) >= 11 is 1.82. The van der Waals surface area contributed by atoms with Crippen molar-refractivity contribution < 1.29 is 9.90 Å². The van der Waals surface area contributed by atoms with E-state index in [1.165, 1.54) is 0 Å². The summed E-state index contributed by atoms with van der Waals surface area (Å²) in [6.45, 7) is 3.60. The Kier molecular flexibility index (Phi) is 4.06. The van der Waals surface area contributed by atoms with Crippen LogP contribution in [0.4, 0.5) is 0 Å². The van der Waals surface area contributed by atoms with Gasteiger partial charge < -0.3 is 10.4 Å². The summed E-state index contributed by atoms with van der Waals surface area (Å²) in [4.78, 5) is 11.1. The molecule has 13 heavy (non-hydrogen) atoms. The van der Waals surface area contributed by atoms with Gasteiger partial charge in [0, 0.05) is 6.54 Å². The van der Waals surface area contributed by atoms with Crippen molar-refractivity contribution in [3.8, 4) is 0 Å². The van der Waals surface area contributed by atoms with Gasteiger partial charge in [-0.1, -0.05) is 6.92 Å². The van der Waals surface area contributed by atoms with Gasteiger partial charge in [0.05, 0.1) is 5.41 Å². The van der Waals surface area contributed by atoms with E-state index in [1.807, 2.05) is 11.8 Å². The quantitative estimate of drug-likeness (QED) is 0.659. The van der Waals surface area contributed by atoms with E-state index >= 15 is 0 Å². The first-order chi connectivity index (χ1) is 6.21. The van der Waals surface area contributed by atoms with E-state index in [2.05, 4.69) is 12.2 Å². The highest BCUT2D eigenvalue weighted by Crippen LogP contribution is 2.31. The minimum absolute atomic E-state index is 0.470. The van der Waals surface area contributed by atoms with Gasteiger partial charge in [-0.15, -0.1) is 0 Å². The predicted molar refractivity (Wildman–Crippen MR) is 55.2 cm³/mol. The molecule has 1 atom stereocenters. The molecule has 0 amide bonds. The van der Waals surface area contributed by atoms with Crippen LogP contribution >= 0.6 is 11.8 Å². The second-order valence-corrected chi connectivity index (χ2v) is 4.85. The normalized spacial score (nSPS) is 27.8. The van der Waals surface area contributed by atoms with E-state index in [9.17, 15) is 4.79 Å². The second kappa shape index (κ2) is 4.86. The molecular weight excluding hydrogens is 186 g/mol. The first-order valence-corrected chi connectivity index (χ1v) is 5.88. The van der Waals surface area contributed by atoms with Crippen LogP contribution in [0.5, 0.6) is 0 Å². The Morgan fingerprint density at radius 2 is 2.46 bits per heavy atom. The molecule has 1 saturated heterocycles. The lowest BCUT2D eigenvalue weighted by Crippen LogP contribution is -2.33. The van der Waals surface area contributed by atoms with Crippen molar-refractivity contribution in [1.82, 2.24) is 5.32 Å². The molecule has 0 aromatic heterocycles. The summed E-state index contributed by atoms with van der Waals surface area (Å²) in [6.07, 6.45) is 1.58. The third-order valence-electron chi connectivity index (χ3n) is 2.63. The Morgan fingerprint density at radius 1 is 1.69 bits per heavy atom. The molecule has 0 aliphatic carbocycles. The van der Waals surface area contributed by atoms with Crippen molar-refractivity contribution in [1.29, 1.82) is 0 Å². The fourth-order valence-corrected chi connectivity index (χ4v) is 2.48. The SMILES string of the molecule is CCSCCC1(C(=O)O)CCNC1. The van der Waals surface area contributed by atoms with Crippen LogP contribution in [0, 0.1) is 5.41 Å². The Labute approximate surface area is 83.3 Å². The highest BCUT2D eigenvalue weighted by Gasteiger charge is 2.40. The lowest BCUT2D eigenvalue weighted by atomic mass is 9.84. The molecule has 1 rings (SSSR count). The van der Waals surface area contributed by atoms with Crippen molar-refractivity contribution in [3.63, 3.8) is 0 Å². The first-order valence-electron chi connectivity index (χ1n) is 4.73.